The smallest absolute Gasteiger partial charge is 0.255 e. The summed E-state index contributed by atoms with van der Waals surface area (Å²) in [5, 5.41) is 14.1. The molecule has 0 aliphatic heterocycles. The number of aryl methyl sites for hydroxylation is 1. The number of hydrogen-bond acceptors (Lipinski definition) is 6. The van der Waals surface area contributed by atoms with Crippen LogP contribution in [0, 0.1) is 0 Å². The molecule has 31 heavy (non-hydrogen) atoms. The molecule has 162 valence electrons. The van der Waals surface area contributed by atoms with E-state index in [2.05, 4.69) is 25.7 Å². The summed E-state index contributed by atoms with van der Waals surface area (Å²) in [5.41, 5.74) is 2.98. The van der Waals surface area contributed by atoms with Crippen molar-refractivity contribution in [2.75, 3.05) is 37.0 Å². The van der Waals surface area contributed by atoms with E-state index in [9.17, 15) is 9.59 Å². The zero-order chi connectivity index (χ0) is 22.2. The van der Waals surface area contributed by atoms with Gasteiger partial charge in [0.15, 0.2) is 5.16 Å². The van der Waals surface area contributed by atoms with E-state index in [1.165, 1.54) is 17.3 Å². The van der Waals surface area contributed by atoms with Crippen molar-refractivity contribution in [3.8, 4) is 0 Å². The summed E-state index contributed by atoms with van der Waals surface area (Å²) in [4.78, 5) is 27.0. The summed E-state index contributed by atoms with van der Waals surface area (Å²) in [6.07, 6.45) is 2.54. The molecule has 0 atom stereocenters. The minimum Gasteiger partial charge on any atom is -0.325 e. The maximum Gasteiger partial charge on any atom is 0.255 e. The summed E-state index contributed by atoms with van der Waals surface area (Å²) in [6.45, 7) is 0.974. The molecule has 9 heteroatoms. The van der Waals surface area contributed by atoms with Gasteiger partial charge >= 0.3 is 0 Å². The molecule has 0 aliphatic rings. The van der Waals surface area contributed by atoms with Crippen LogP contribution in [-0.2, 0) is 18.3 Å². The van der Waals surface area contributed by atoms with Gasteiger partial charge in [-0.25, -0.2) is 0 Å². The van der Waals surface area contributed by atoms with Crippen molar-refractivity contribution >= 4 is 35.0 Å². The predicted octanol–water partition coefficient (Wildman–Crippen LogP) is 2.90. The Kier molecular flexibility index (Phi) is 7.80. The van der Waals surface area contributed by atoms with Crippen LogP contribution in [-0.4, -0.2) is 57.9 Å². The molecule has 3 rings (SSSR count). The Morgan fingerprint density at radius 3 is 2.52 bits per heavy atom. The number of benzene rings is 2. The largest absolute Gasteiger partial charge is 0.325 e. The van der Waals surface area contributed by atoms with Crippen LogP contribution in [0.3, 0.4) is 0 Å². The van der Waals surface area contributed by atoms with E-state index < -0.39 is 0 Å². The monoisotopic (exact) mass is 438 g/mol. The first-order valence-corrected chi connectivity index (χ1v) is 10.8. The molecule has 0 aliphatic carbocycles. The highest BCUT2D eigenvalue weighted by molar-refractivity contribution is 7.99. The Labute approximate surface area is 186 Å². The number of amides is 2. The molecular formula is C22H26N6O2S. The molecule has 8 nitrogen and oxygen atoms in total. The molecular weight excluding hydrogens is 412 g/mol. The van der Waals surface area contributed by atoms with Crippen molar-refractivity contribution in [2.45, 2.75) is 11.6 Å². The number of nitrogens with one attached hydrogen (secondary N) is 2. The van der Waals surface area contributed by atoms with Gasteiger partial charge in [0.1, 0.15) is 6.33 Å². The highest BCUT2D eigenvalue weighted by Gasteiger charge is 2.10. The van der Waals surface area contributed by atoms with Gasteiger partial charge in [0.2, 0.25) is 5.91 Å². The van der Waals surface area contributed by atoms with E-state index in [1.54, 1.807) is 35.2 Å². The molecule has 0 radical (unpaired) electrons. The first-order chi connectivity index (χ1) is 14.9. The number of likely N-dealkylation sites (N-methyl/N-ethyl adjacent to an activating group) is 1. The van der Waals surface area contributed by atoms with Gasteiger partial charge in [-0.2, -0.15) is 0 Å². The number of anilines is 2. The molecule has 0 saturated carbocycles. The third-order valence-electron chi connectivity index (χ3n) is 4.47. The molecule has 0 fully saturated rings. The number of thioether (sulfide) groups is 1. The number of aromatic nitrogens is 3. The maximum atomic E-state index is 12.6. The third-order valence-corrected chi connectivity index (χ3v) is 5.50. The molecule has 2 amide bonds. The van der Waals surface area contributed by atoms with Crippen LogP contribution in [0.2, 0.25) is 0 Å². The minimum absolute atomic E-state index is 0.182. The predicted molar refractivity (Wildman–Crippen MR) is 123 cm³/mol. The lowest BCUT2D eigenvalue weighted by atomic mass is 10.1. The summed E-state index contributed by atoms with van der Waals surface area (Å²) < 4.78 is 1.75. The van der Waals surface area contributed by atoms with Crippen molar-refractivity contribution in [2.24, 2.45) is 7.05 Å². The molecule has 3 aromatic rings. The van der Waals surface area contributed by atoms with E-state index in [0.29, 0.717) is 16.4 Å². The average Bonchev–Trinajstić information content (AvgIpc) is 3.16. The van der Waals surface area contributed by atoms with Crippen molar-refractivity contribution in [1.82, 2.24) is 19.7 Å². The Balaban J connectivity index is 1.54. The van der Waals surface area contributed by atoms with Crippen LogP contribution in [0.15, 0.2) is 60.0 Å². The summed E-state index contributed by atoms with van der Waals surface area (Å²) in [5.74, 6) is -0.215. The molecule has 0 unspecified atom stereocenters. The van der Waals surface area contributed by atoms with Crippen LogP contribution in [0.5, 0.6) is 0 Å². The van der Waals surface area contributed by atoms with Crippen molar-refractivity contribution in [3.05, 3.63) is 66.0 Å². The van der Waals surface area contributed by atoms with Gasteiger partial charge in [-0.05, 0) is 56.4 Å². The maximum absolute atomic E-state index is 12.6. The number of carbonyl (C=O) groups excluding carboxylic acids is 2. The lowest BCUT2D eigenvalue weighted by Crippen LogP contribution is -2.16. The lowest BCUT2D eigenvalue weighted by Gasteiger charge is -2.11. The van der Waals surface area contributed by atoms with E-state index >= 15 is 0 Å². The average molecular weight is 439 g/mol. The van der Waals surface area contributed by atoms with E-state index in [1.807, 2.05) is 45.4 Å². The molecule has 2 N–H and O–H groups in total. The summed E-state index contributed by atoms with van der Waals surface area (Å²) in [6, 6.07) is 14.7. The minimum atomic E-state index is -0.231. The van der Waals surface area contributed by atoms with Crippen LogP contribution >= 0.6 is 11.8 Å². The van der Waals surface area contributed by atoms with Crippen LogP contribution in [0.25, 0.3) is 0 Å². The molecule has 1 heterocycles. The normalized spacial score (nSPS) is 10.8. The van der Waals surface area contributed by atoms with E-state index in [0.717, 1.165) is 18.7 Å². The fourth-order valence-corrected chi connectivity index (χ4v) is 3.47. The summed E-state index contributed by atoms with van der Waals surface area (Å²) >= 11 is 1.29. The van der Waals surface area contributed by atoms with Crippen LogP contribution < -0.4 is 10.6 Å². The number of hydrogen-bond donors (Lipinski definition) is 2. The number of rotatable bonds is 9. The second-order valence-electron chi connectivity index (χ2n) is 7.35. The molecule has 2 aromatic carbocycles. The van der Waals surface area contributed by atoms with Crippen molar-refractivity contribution < 1.29 is 9.59 Å². The fraction of sp³-hybridized carbons (Fsp3) is 0.273. The lowest BCUT2D eigenvalue weighted by molar-refractivity contribution is -0.113. The number of carbonyl (C=O) groups is 2. The Bertz CT molecular complexity index is 1030. The molecule has 1 aromatic heterocycles. The summed E-state index contributed by atoms with van der Waals surface area (Å²) in [7, 11) is 5.91. The highest BCUT2D eigenvalue weighted by Crippen LogP contribution is 2.17. The zero-order valence-corrected chi connectivity index (χ0v) is 18.6. The molecule has 0 saturated heterocycles. The zero-order valence-electron chi connectivity index (χ0n) is 17.8. The Morgan fingerprint density at radius 1 is 1.06 bits per heavy atom. The van der Waals surface area contributed by atoms with E-state index in [4.69, 9.17) is 0 Å². The van der Waals surface area contributed by atoms with Crippen LogP contribution in [0.1, 0.15) is 15.9 Å². The molecule has 0 bridgehead atoms. The first-order valence-electron chi connectivity index (χ1n) is 9.82. The Morgan fingerprint density at radius 2 is 1.84 bits per heavy atom. The van der Waals surface area contributed by atoms with Gasteiger partial charge in [-0.15, -0.1) is 10.2 Å². The van der Waals surface area contributed by atoms with E-state index in [-0.39, 0.29) is 17.6 Å². The SMILES string of the molecule is CN(C)CCc1ccc(NC(=O)c2cccc(NC(=O)CSc3nncn3C)c2)cc1. The quantitative estimate of drug-likeness (QED) is 0.499. The fourth-order valence-electron chi connectivity index (χ4n) is 2.78. The standard InChI is InChI=1S/C22H26N6O2S/c1-27(2)12-11-16-7-9-18(10-8-16)25-21(30)17-5-4-6-19(13-17)24-20(29)14-31-22-26-23-15-28(22)3/h4-10,13,15H,11-12,14H2,1-3H3,(H,24,29)(H,25,30). The third kappa shape index (κ3) is 6.94. The highest BCUT2D eigenvalue weighted by atomic mass is 32.2. The Hall–Kier alpha value is -3.17. The van der Waals surface area contributed by atoms with Gasteiger partial charge in [-0.1, -0.05) is 30.0 Å². The van der Waals surface area contributed by atoms with Crippen LogP contribution in [0.4, 0.5) is 11.4 Å². The topological polar surface area (TPSA) is 92.2 Å². The van der Waals surface area contributed by atoms with Crippen molar-refractivity contribution in [3.63, 3.8) is 0 Å². The van der Waals surface area contributed by atoms with Gasteiger partial charge in [0.25, 0.3) is 5.91 Å². The van der Waals surface area contributed by atoms with Gasteiger partial charge in [0, 0.05) is 30.5 Å². The van der Waals surface area contributed by atoms with Gasteiger partial charge < -0.3 is 20.1 Å². The number of nitrogens with zero attached hydrogens (tertiary/aromatic N) is 4. The first kappa shape index (κ1) is 22.5. The molecule has 0 spiro atoms. The second kappa shape index (κ2) is 10.7. The van der Waals surface area contributed by atoms with Crippen molar-refractivity contribution in [1.29, 1.82) is 0 Å². The second-order valence-corrected chi connectivity index (χ2v) is 8.29. The van der Waals surface area contributed by atoms with Gasteiger partial charge in [-0.3, -0.25) is 9.59 Å². The van der Waals surface area contributed by atoms with Gasteiger partial charge in [0.05, 0.1) is 5.75 Å².